The first-order chi connectivity index (χ1) is 9.26. The molecule has 1 unspecified atom stereocenters. The maximum Gasteiger partial charge on any atom is 0.144 e. The number of nitrogens with zero attached hydrogens (tertiary/aromatic N) is 2. The van der Waals surface area contributed by atoms with Gasteiger partial charge < -0.3 is 5.32 Å². The van der Waals surface area contributed by atoms with Crippen molar-refractivity contribution in [2.75, 3.05) is 17.6 Å². The summed E-state index contributed by atoms with van der Waals surface area (Å²) in [6.07, 6.45) is 5.72. The highest BCUT2D eigenvalue weighted by Crippen LogP contribution is 2.39. The molecule has 0 spiro atoms. The molecule has 1 aromatic heterocycles. The molecular formula is C14H22BrN3S. The number of nitrogens with one attached hydrogen (secondary N) is 1. The van der Waals surface area contributed by atoms with Crippen LogP contribution in [-0.2, 0) is 6.42 Å². The molecular weight excluding hydrogens is 322 g/mol. The second kappa shape index (κ2) is 7.48. The van der Waals surface area contributed by atoms with Gasteiger partial charge in [-0.2, -0.15) is 11.8 Å². The van der Waals surface area contributed by atoms with Gasteiger partial charge >= 0.3 is 0 Å². The number of aryl methyl sites for hydroxylation is 1. The Kier molecular flexibility index (Phi) is 5.95. The van der Waals surface area contributed by atoms with E-state index in [-0.39, 0.29) is 0 Å². The molecule has 1 fully saturated rings. The summed E-state index contributed by atoms with van der Waals surface area (Å²) in [5.41, 5.74) is 1.15. The number of aromatic nitrogens is 2. The van der Waals surface area contributed by atoms with Gasteiger partial charge in [-0.15, -0.1) is 0 Å². The van der Waals surface area contributed by atoms with Crippen LogP contribution in [0.15, 0.2) is 4.47 Å². The van der Waals surface area contributed by atoms with Gasteiger partial charge in [-0.3, -0.25) is 0 Å². The topological polar surface area (TPSA) is 37.8 Å². The van der Waals surface area contributed by atoms with E-state index in [0.717, 1.165) is 47.6 Å². The normalized spacial score (nSPS) is 18.8. The zero-order valence-corrected chi connectivity index (χ0v) is 14.1. The number of hydrogen-bond donors (Lipinski definition) is 1. The average Bonchev–Trinajstić information content (AvgIpc) is 2.94. The highest BCUT2D eigenvalue weighted by molar-refractivity contribution is 9.10. The number of thioether (sulfide) groups is 1. The van der Waals surface area contributed by atoms with E-state index in [2.05, 4.69) is 35.1 Å². The van der Waals surface area contributed by atoms with Crippen molar-refractivity contribution in [3.8, 4) is 0 Å². The van der Waals surface area contributed by atoms with Gasteiger partial charge in [0.15, 0.2) is 0 Å². The lowest BCUT2D eigenvalue weighted by Crippen LogP contribution is -2.10. The first kappa shape index (κ1) is 15.1. The second-order valence-electron chi connectivity index (χ2n) is 4.87. The quantitative estimate of drug-likeness (QED) is 0.820. The number of anilines is 1. The summed E-state index contributed by atoms with van der Waals surface area (Å²) in [6.45, 7) is 5.32. The minimum Gasteiger partial charge on any atom is -0.369 e. The average molecular weight is 344 g/mol. The molecule has 2 heterocycles. The van der Waals surface area contributed by atoms with Crippen LogP contribution in [0.4, 0.5) is 5.82 Å². The minimum absolute atomic E-state index is 0.492. The van der Waals surface area contributed by atoms with Crippen molar-refractivity contribution in [1.29, 1.82) is 0 Å². The van der Waals surface area contributed by atoms with Gasteiger partial charge in [-0.05, 0) is 47.4 Å². The van der Waals surface area contributed by atoms with Crippen molar-refractivity contribution >= 4 is 33.5 Å². The number of halogens is 1. The Balaban J connectivity index is 2.29. The van der Waals surface area contributed by atoms with Gasteiger partial charge in [0.1, 0.15) is 11.6 Å². The van der Waals surface area contributed by atoms with Crippen LogP contribution in [-0.4, -0.2) is 22.3 Å². The summed E-state index contributed by atoms with van der Waals surface area (Å²) >= 11 is 5.65. The van der Waals surface area contributed by atoms with Crippen molar-refractivity contribution in [3.63, 3.8) is 0 Å². The van der Waals surface area contributed by atoms with E-state index in [1.54, 1.807) is 0 Å². The summed E-state index contributed by atoms with van der Waals surface area (Å²) in [5.74, 6) is 3.24. The maximum absolute atomic E-state index is 4.79. The van der Waals surface area contributed by atoms with E-state index < -0.39 is 0 Å². The van der Waals surface area contributed by atoms with Gasteiger partial charge in [0.2, 0.25) is 0 Å². The van der Waals surface area contributed by atoms with Crippen molar-refractivity contribution < 1.29 is 0 Å². The molecule has 0 bridgehead atoms. The van der Waals surface area contributed by atoms with Gasteiger partial charge in [0, 0.05) is 6.54 Å². The fraction of sp³-hybridized carbons (Fsp3) is 0.714. The Morgan fingerprint density at radius 2 is 2.16 bits per heavy atom. The Hall–Kier alpha value is -0.290. The molecule has 0 aliphatic carbocycles. The third-order valence-electron chi connectivity index (χ3n) is 3.18. The molecule has 1 aromatic rings. The number of rotatable bonds is 6. The molecule has 5 heteroatoms. The molecule has 0 radical (unpaired) electrons. The van der Waals surface area contributed by atoms with Crippen LogP contribution in [0.2, 0.25) is 0 Å². The highest BCUT2D eigenvalue weighted by Gasteiger charge is 2.23. The molecule has 1 N–H and O–H groups in total. The molecule has 0 amide bonds. The van der Waals surface area contributed by atoms with Crippen LogP contribution in [0.25, 0.3) is 0 Å². The largest absolute Gasteiger partial charge is 0.369 e. The summed E-state index contributed by atoms with van der Waals surface area (Å²) in [6, 6.07) is 0. The summed E-state index contributed by atoms with van der Waals surface area (Å²) in [7, 11) is 0. The zero-order valence-electron chi connectivity index (χ0n) is 11.7. The SMILES string of the molecule is CCCNc1nc(C2CCCS2)nc(CCC)c1Br. The molecule has 19 heavy (non-hydrogen) atoms. The van der Waals surface area contributed by atoms with Crippen molar-refractivity contribution in [1.82, 2.24) is 9.97 Å². The molecule has 1 saturated heterocycles. The molecule has 1 aliphatic heterocycles. The van der Waals surface area contributed by atoms with Crippen LogP contribution in [0.5, 0.6) is 0 Å². The summed E-state index contributed by atoms with van der Waals surface area (Å²) in [5, 5.41) is 3.91. The van der Waals surface area contributed by atoms with Crippen molar-refractivity contribution in [2.24, 2.45) is 0 Å². The molecule has 2 rings (SSSR count). The van der Waals surface area contributed by atoms with Gasteiger partial charge in [0.05, 0.1) is 15.4 Å². The van der Waals surface area contributed by atoms with Crippen molar-refractivity contribution in [3.05, 3.63) is 16.0 Å². The van der Waals surface area contributed by atoms with Gasteiger partial charge in [-0.25, -0.2) is 9.97 Å². The first-order valence-corrected chi connectivity index (χ1v) is 9.02. The Morgan fingerprint density at radius 3 is 2.79 bits per heavy atom. The first-order valence-electron chi connectivity index (χ1n) is 7.18. The van der Waals surface area contributed by atoms with Gasteiger partial charge in [-0.1, -0.05) is 20.3 Å². The maximum atomic E-state index is 4.79. The fourth-order valence-corrected chi connectivity index (χ4v) is 3.92. The lowest BCUT2D eigenvalue weighted by molar-refractivity contribution is 0.753. The van der Waals surface area contributed by atoms with E-state index in [1.165, 1.54) is 18.6 Å². The molecule has 1 atom stereocenters. The van der Waals surface area contributed by atoms with Crippen LogP contribution in [0, 0.1) is 0 Å². The monoisotopic (exact) mass is 343 g/mol. The van der Waals surface area contributed by atoms with Crippen LogP contribution in [0.3, 0.4) is 0 Å². The molecule has 106 valence electrons. The van der Waals surface area contributed by atoms with Crippen LogP contribution < -0.4 is 5.32 Å². The van der Waals surface area contributed by atoms with E-state index in [4.69, 9.17) is 9.97 Å². The lowest BCUT2D eigenvalue weighted by Gasteiger charge is -2.15. The number of hydrogen-bond acceptors (Lipinski definition) is 4. The van der Waals surface area contributed by atoms with E-state index in [0.29, 0.717) is 5.25 Å². The van der Waals surface area contributed by atoms with Gasteiger partial charge in [0.25, 0.3) is 0 Å². The van der Waals surface area contributed by atoms with E-state index in [1.807, 2.05) is 11.8 Å². The summed E-state index contributed by atoms with van der Waals surface area (Å²) in [4.78, 5) is 9.54. The zero-order chi connectivity index (χ0) is 13.7. The van der Waals surface area contributed by atoms with E-state index >= 15 is 0 Å². The molecule has 1 aliphatic rings. The third-order valence-corrected chi connectivity index (χ3v) is 5.39. The lowest BCUT2D eigenvalue weighted by atomic mass is 10.2. The third kappa shape index (κ3) is 3.85. The fourth-order valence-electron chi connectivity index (χ4n) is 2.20. The smallest absolute Gasteiger partial charge is 0.144 e. The minimum atomic E-state index is 0.492. The highest BCUT2D eigenvalue weighted by atomic mass is 79.9. The Morgan fingerprint density at radius 1 is 1.32 bits per heavy atom. The van der Waals surface area contributed by atoms with E-state index in [9.17, 15) is 0 Å². The Labute approximate surface area is 128 Å². The molecule has 0 saturated carbocycles. The van der Waals surface area contributed by atoms with Crippen LogP contribution >= 0.6 is 27.7 Å². The standard InChI is InChI=1S/C14H22BrN3S/c1-3-6-10-12(15)14(16-8-4-2)18-13(17-10)11-7-5-9-19-11/h11H,3-9H2,1-2H3,(H,16,17,18). The predicted molar refractivity (Wildman–Crippen MR) is 86.9 cm³/mol. The molecule has 0 aromatic carbocycles. The Bertz CT molecular complexity index is 419. The predicted octanol–water partition coefficient (Wildman–Crippen LogP) is 4.58. The van der Waals surface area contributed by atoms with Crippen LogP contribution in [0.1, 0.15) is 56.3 Å². The van der Waals surface area contributed by atoms with Crippen molar-refractivity contribution in [2.45, 2.75) is 51.2 Å². The summed E-state index contributed by atoms with van der Waals surface area (Å²) < 4.78 is 1.05. The molecule has 3 nitrogen and oxygen atoms in total. The second-order valence-corrected chi connectivity index (χ2v) is 6.97.